The van der Waals surface area contributed by atoms with Crippen molar-refractivity contribution in [1.29, 1.82) is 0 Å². The van der Waals surface area contributed by atoms with Gasteiger partial charge in [-0.25, -0.2) is 4.79 Å². The largest absolute Gasteiger partial charge is 0.462 e. The summed E-state index contributed by atoms with van der Waals surface area (Å²) in [6.45, 7) is 3.82. The summed E-state index contributed by atoms with van der Waals surface area (Å²) in [5.41, 5.74) is 2.68. The lowest BCUT2D eigenvalue weighted by atomic mass is 9.97. The third kappa shape index (κ3) is 5.69. The molecule has 0 aliphatic heterocycles. The van der Waals surface area contributed by atoms with E-state index in [1.54, 1.807) is 6.92 Å². The van der Waals surface area contributed by atoms with Crippen LogP contribution in [0.1, 0.15) is 31.0 Å². The van der Waals surface area contributed by atoms with Crippen LogP contribution in [0.5, 0.6) is 0 Å². The second-order valence-electron chi connectivity index (χ2n) is 5.55. The molecule has 0 fully saturated rings. The number of quaternary nitrogens is 1. The summed E-state index contributed by atoms with van der Waals surface area (Å²) in [4.78, 5) is 23.4. The van der Waals surface area contributed by atoms with E-state index in [9.17, 15) is 9.59 Å². The average molecular weight is 406 g/mol. The topological polar surface area (TPSA) is 72.0 Å². The SMILES string of the molecule is CCOC(=O)C[NH2+]C(c1ccccc1)c1cc(Br)ccc1NC(C)=O. The molecule has 2 aromatic rings. The van der Waals surface area contributed by atoms with Crippen molar-refractivity contribution in [3.63, 3.8) is 0 Å². The van der Waals surface area contributed by atoms with E-state index in [0.717, 1.165) is 21.3 Å². The molecule has 6 heteroatoms. The van der Waals surface area contributed by atoms with Gasteiger partial charge in [-0.15, -0.1) is 0 Å². The fourth-order valence-electron chi connectivity index (χ4n) is 2.63. The normalized spacial score (nSPS) is 11.6. The van der Waals surface area contributed by atoms with Crippen LogP contribution >= 0.6 is 15.9 Å². The van der Waals surface area contributed by atoms with Crippen molar-refractivity contribution < 1.29 is 19.6 Å². The number of ether oxygens (including phenoxy) is 1. The fourth-order valence-corrected chi connectivity index (χ4v) is 3.01. The van der Waals surface area contributed by atoms with Crippen LogP contribution in [-0.2, 0) is 14.3 Å². The Kier molecular flexibility index (Phi) is 7.16. The van der Waals surface area contributed by atoms with E-state index in [1.165, 1.54) is 6.92 Å². The minimum Gasteiger partial charge on any atom is -0.462 e. The van der Waals surface area contributed by atoms with Gasteiger partial charge in [0.25, 0.3) is 0 Å². The average Bonchev–Trinajstić information content (AvgIpc) is 2.58. The zero-order valence-electron chi connectivity index (χ0n) is 14.3. The Bertz CT molecular complexity index is 735. The molecule has 0 aliphatic rings. The molecule has 1 amide bonds. The highest BCUT2D eigenvalue weighted by molar-refractivity contribution is 9.10. The Balaban J connectivity index is 2.39. The van der Waals surface area contributed by atoms with Gasteiger partial charge in [0.2, 0.25) is 5.91 Å². The summed E-state index contributed by atoms with van der Waals surface area (Å²) in [6.07, 6.45) is 0. The van der Waals surface area contributed by atoms with Crippen molar-refractivity contribution >= 4 is 33.5 Å². The predicted molar refractivity (Wildman–Crippen MR) is 100 cm³/mol. The Morgan fingerprint density at radius 1 is 1.20 bits per heavy atom. The summed E-state index contributed by atoms with van der Waals surface area (Å²) >= 11 is 3.49. The second kappa shape index (κ2) is 9.34. The summed E-state index contributed by atoms with van der Waals surface area (Å²) < 4.78 is 5.94. The number of rotatable bonds is 7. The third-order valence-electron chi connectivity index (χ3n) is 3.64. The molecule has 1 unspecified atom stereocenters. The maximum atomic E-state index is 11.8. The fraction of sp³-hybridized carbons (Fsp3) is 0.263. The van der Waals surface area contributed by atoms with Crippen molar-refractivity contribution in [3.05, 3.63) is 64.1 Å². The maximum absolute atomic E-state index is 11.8. The summed E-state index contributed by atoms with van der Waals surface area (Å²) in [5, 5.41) is 4.78. The van der Waals surface area contributed by atoms with E-state index in [1.807, 2.05) is 53.8 Å². The molecule has 0 aliphatic carbocycles. The van der Waals surface area contributed by atoms with Gasteiger partial charge in [0.05, 0.1) is 12.3 Å². The molecule has 0 radical (unpaired) electrons. The molecule has 0 bridgehead atoms. The van der Waals surface area contributed by atoms with Gasteiger partial charge in [-0.05, 0) is 25.1 Å². The quantitative estimate of drug-likeness (QED) is 0.695. The Hall–Kier alpha value is -2.18. The number of anilines is 1. The van der Waals surface area contributed by atoms with Crippen LogP contribution in [0.25, 0.3) is 0 Å². The first-order chi connectivity index (χ1) is 12.0. The first-order valence-electron chi connectivity index (χ1n) is 8.12. The number of benzene rings is 2. The number of carbonyl (C=O) groups is 2. The predicted octanol–water partition coefficient (Wildman–Crippen LogP) is 2.62. The molecule has 0 aromatic heterocycles. The minimum absolute atomic E-state index is 0.138. The summed E-state index contributed by atoms with van der Waals surface area (Å²) in [7, 11) is 0. The Morgan fingerprint density at radius 3 is 2.56 bits per heavy atom. The van der Waals surface area contributed by atoms with Crippen LogP contribution in [0.15, 0.2) is 53.0 Å². The molecule has 2 aromatic carbocycles. The van der Waals surface area contributed by atoms with E-state index < -0.39 is 0 Å². The molecular weight excluding hydrogens is 384 g/mol. The van der Waals surface area contributed by atoms with Gasteiger partial charge in [-0.3, -0.25) is 4.79 Å². The van der Waals surface area contributed by atoms with E-state index in [-0.39, 0.29) is 24.5 Å². The first kappa shape index (κ1) is 19.1. The number of nitrogens with two attached hydrogens (primary N) is 1. The van der Waals surface area contributed by atoms with Gasteiger partial charge < -0.3 is 15.4 Å². The zero-order chi connectivity index (χ0) is 18.2. The van der Waals surface area contributed by atoms with Crippen LogP contribution in [0.2, 0.25) is 0 Å². The molecule has 5 nitrogen and oxygen atoms in total. The van der Waals surface area contributed by atoms with E-state index in [4.69, 9.17) is 4.74 Å². The van der Waals surface area contributed by atoms with Crippen LogP contribution < -0.4 is 10.6 Å². The summed E-state index contributed by atoms with van der Waals surface area (Å²) in [6, 6.07) is 15.4. The van der Waals surface area contributed by atoms with Crippen LogP contribution in [0.3, 0.4) is 0 Å². The van der Waals surface area contributed by atoms with E-state index in [0.29, 0.717) is 6.61 Å². The molecule has 25 heavy (non-hydrogen) atoms. The van der Waals surface area contributed by atoms with Crippen LogP contribution in [0.4, 0.5) is 5.69 Å². The highest BCUT2D eigenvalue weighted by Gasteiger charge is 2.23. The smallest absolute Gasteiger partial charge is 0.361 e. The van der Waals surface area contributed by atoms with Gasteiger partial charge in [-0.1, -0.05) is 46.3 Å². The van der Waals surface area contributed by atoms with Crippen molar-refractivity contribution in [2.75, 3.05) is 18.5 Å². The molecule has 3 N–H and O–H groups in total. The van der Waals surface area contributed by atoms with Crippen LogP contribution in [0, 0.1) is 0 Å². The summed E-state index contributed by atoms with van der Waals surface area (Å²) in [5.74, 6) is -0.403. The zero-order valence-corrected chi connectivity index (χ0v) is 15.9. The van der Waals surface area contributed by atoms with Crippen molar-refractivity contribution in [1.82, 2.24) is 0 Å². The van der Waals surface area contributed by atoms with Gasteiger partial charge in [0.1, 0.15) is 6.04 Å². The highest BCUT2D eigenvalue weighted by atomic mass is 79.9. The number of hydrogen-bond donors (Lipinski definition) is 2. The highest BCUT2D eigenvalue weighted by Crippen LogP contribution is 2.29. The van der Waals surface area contributed by atoms with E-state index in [2.05, 4.69) is 21.2 Å². The van der Waals surface area contributed by atoms with Crippen molar-refractivity contribution in [2.24, 2.45) is 0 Å². The molecule has 0 saturated heterocycles. The van der Waals surface area contributed by atoms with Gasteiger partial charge in [-0.2, -0.15) is 0 Å². The van der Waals surface area contributed by atoms with Gasteiger partial charge in [0.15, 0.2) is 6.54 Å². The van der Waals surface area contributed by atoms with Gasteiger partial charge >= 0.3 is 5.97 Å². The second-order valence-corrected chi connectivity index (χ2v) is 6.46. The molecule has 0 saturated carbocycles. The number of hydrogen-bond acceptors (Lipinski definition) is 3. The van der Waals surface area contributed by atoms with E-state index >= 15 is 0 Å². The Morgan fingerprint density at radius 2 is 1.92 bits per heavy atom. The van der Waals surface area contributed by atoms with Gasteiger partial charge in [0, 0.05) is 22.5 Å². The number of halogens is 1. The molecule has 0 spiro atoms. The lowest BCUT2D eigenvalue weighted by molar-refractivity contribution is -0.677. The number of carbonyl (C=O) groups excluding carboxylic acids is 2. The third-order valence-corrected chi connectivity index (χ3v) is 4.14. The molecule has 132 valence electrons. The van der Waals surface area contributed by atoms with Crippen molar-refractivity contribution in [2.45, 2.75) is 19.9 Å². The standard InChI is InChI=1S/C19H21BrN2O3/c1-3-25-18(24)12-21-19(14-7-5-4-6-8-14)16-11-15(20)9-10-17(16)22-13(2)23/h4-11,19,21H,3,12H2,1-2H3,(H,22,23)/p+1. The minimum atomic E-state index is -0.264. The lowest BCUT2D eigenvalue weighted by Gasteiger charge is -2.20. The Labute approximate surface area is 155 Å². The van der Waals surface area contributed by atoms with Crippen LogP contribution in [-0.4, -0.2) is 25.0 Å². The van der Waals surface area contributed by atoms with Crippen molar-refractivity contribution in [3.8, 4) is 0 Å². The first-order valence-corrected chi connectivity index (χ1v) is 8.91. The molecule has 0 heterocycles. The number of nitrogens with one attached hydrogen (secondary N) is 1. The maximum Gasteiger partial charge on any atom is 0.361 e. The monoisotopic (exact) mass is 405 g/mol. The molecular formula is C19H22BrN2O3+. The molecule has 2 rings (SSSR count). The molecule has 1 atom stereocenters. The number of esters is 1. The number of amides is 1. The lowest BCUT2D eigenvalue weighted by Crippen LogP contribution is -2.87.